The maximum absolute atomic E-state index is 12.9. The van der Waals surface area contributed by atoms with Crippen LogP contribution in [-0.2, 0) is 13.7 Å². The van der Waals surface area contributed by atoms with Gasteiger partial charge in [-0.1, -0.05) is 30.3 Å². The van der Waals surface area contributed by atoms with Crippen molar-refractivity contribution in [2.75, 3.05) is 0 Å². The van der Waals surface area contributed by atoms with Gasteiger partial charge in [0.1, 0.15) is 0 Å². The summed E-state index contributed by atoms with van der Waals surface area (Å²) in [6, 6.07) is 7.75. The maximum atomic E-state index is 12.9. The molecule has 0 unspecified atom stereocenters. The first-order chi connectivity index (χ1) is 7.97. The SMILES string of the molecule is FB1OB(c2ccccc2)OB(C(F)(F)F)O1. The number of rotatable bonds is 1. The van der Waals surface area contributed by atoms with E-state index < -0.39 is 27.7 Å². The lowest BCUT2D eigenvalue weighted by molar-refractivity contribution is -0.0773. The zero-order chi connectivity index (χ0) is 12.5. The summed E-state index contributed by atoms with van der Waals surface area (Å²) < 4.78 is 62.7. The Kier molecular flexibility index (Phi) is 3.46. The van der Waals surface area contributed by atoms with Crippen LogP contribution in [0.5, 0.6) is 0 Å². The zero-order valence-corrected chi connectivity index (χ0v) is 8.36. The fourth-order valence-corrected chi connectivity index (χ4v) is 1.32. The number of alkyl halides is 3. The van der Waals surface area contributed by atoms with Crippen LogP contribution in [0.2, 0.25) is 0 Å². The highest BCUT2D eigenvalue weighted by Crippen LogP contribution is 2.24. The van der Waals surface area contributed by atoms with Gasteiger partial charge in [0.25, 0.3) is 0 Å². The monoisotopic (exact) mass is 246 g/mol. The van der Waals surface area contributed by atoms with Crippen LogP contribution in [0.15, 0.2) is 30.3 Å². The molecule has 0 amide bonds. The topological polar surface area (TPSA) is 27.7 Å². The third-order valence-electron chi connectivity index (χ3n) is 2.05. The van der Waals surface area contributed by atoms with Crippen LogP contribution < -0.4 is 5.46 Å². The first kappa shape index (κ1) is 12.5. The van der Waals surface area contributed by atoms with Crippen molar-refractivity contribution in [2.45, 2.75) is 6.08 Å². The largest absolute Gasteiger partial charge is 0.652 e. The van der Waals surface area contributed by atoms with Gasteiger partial charge in [-0.15, -0.1) is 0 Å². The van der Waals surface area contributed by atoms with Crippen molar-refractivity contribution in [3.05, 3.63) is 30.3 Å². The van der Waals surface area contributed by atoms with Crippen molar-refractivity contribution < 1.29 is 31.2 Å². The molecule has 2 rings (SSSR count). The molecule has 0 atom stereocenters. The van der Waals surface area contributed by atoms with Gasteiger partial charge in [-0.3, -0.25) is 4.32 Å². The van der Waals surface area contributed by atoms with Crippen molar-refractivity contribution in [3.63, 3.8) is 0 Å². The summed E-state index contributed by atoms with van der Waals surface area (Å²) in [7, 11) is -6.54. The number of hydrogen-bond acceptors (Lipinski definition) is 3. The van der Waals surface area contributed by atoms with Crippen LogP contribution in [0.3, 0.4) is 0 Å². The fourth-order valence-electron chi connectivity index (χ4n) is 1.32. The number of hydrogen-bond donors (Lipinski definition) is 0. The van der Waals surface area contributed by atoms with E-state index in [1.54, 1.807) is 18.2 Å². The van der Waals surface area contributed by atoms with Gasteiger partial charge in [0, 0.05) is 0 Å². The lowest BCUT2D eigenvalue weighted by Crippen LogP contribution is -2.58. The van der Waals surface area contributed by atoms with E-state index in [1.807, 2.05) is 0 Å². The Morgan fingerprint density at radius 2 is 1.59 bits per heavy atom. The molecule has 88 valence electrons. The van der Waals surface area contributed by atoms with Crippen molar-refractivity contribution >= 4 is 27.1 Å². The summed E-state index contributed by atoms with van der Waals surface area (Å²) >= 11 is 0. The standard InChI is InChI=1S/C7H5B3F4O3/c11-7(12,13)9-15-8(16-10(14)17-9)6-4-2-1-3-5-6/h1-5H. The van der Waals surface area contributed by atoms with Gasteiger partial charge >= 0.3 is 27.7 Å². The summed E-state index contributed by atoms with van der Waals surface area (Å²) in [5, 5.41) is 0. The minimum absolute atomic E-state index is 0.285. The Morgan fingerprint density at radius 1 is 0.941 bits per heavy atom. The van der Waals surface area contributed by atoms with E-state index >= 15 is 0 Å². The third kappa shape index (κ3) is 3.02. The Balaban J connectivity index is 2.15. The van der Waals surface area contributed by atoms with E-state index in [-0.39, 0.29) is 5.46 Å². The Labute approximate surface area is 95.5 Å². The maximum Gasteiger partial charge on any atom is 0.652 e. The summed E-state index contributed by atoms with van der Waals surface area (Å²) in [5.41, 5.74) is 0.285. The van der Waals surface area contributed by atoms with Crippen molar-refractivity contribution in [1.29, 1.82) is 0 Å². The molecule has 1 aromatic rings. The summed E-state index contributed by atoms with van der Waals surface area (Å²) in [5.74, 6) is 0. The quantitative estimate of drug-likeness (QED) is 0.546. The van der Waals surface area contributed by atoms with Crippen LogP contribution in [0.1, 0.15) is 0 Å². The average molecular weight is 246 g/mol. The van der Waals surface area contributed by atoms with E-state index in [1.165, 1.54) is 12.1 Å². The molecule has 0 aliphatic carbocycles. The highest BCUT2D eigenvalue weighted by atomic mass is 19.4. The van der Waals surface area contributed by atoms with Gasteiger partial charge in [0.05, 0.1) is 0 Å². The van der Waals surface area contributed by atoms with E-state index in [4.69, 9.17) is 0 Å². The van der Waals surface area contributed by atoms with Crippen LogP contribution in [0, 0.1) is 0 Å². The van der Waals surface area contributed by atoms with E-state index in [0.29, 0.717) is 0 Å². The molecule has 10 heteroatoms. The zero-order valence-electron chi connectivity index (χ0n) is 8.36. The number of halogens is 4. The molecule has 0 aromatic heterocycles. The molecule has 0 saturated carbocycles. The summed E-state index contributed by atoms with van der Waals surface area (Å²) in [4.78, 5) is 0. The second-order valence-corrected chi connectivity index (χ2v) is 3.30. The Hall–Kier alpha value is -0.985. The van der Waals surface area contributed by atoms with Gasteiger partial charge in [-0.05, 0) is 5.46 Å². The van der Waals surface area contributed by atoms with Gasteiger partial charge in [0.15, 0.2) is 0 Å². The fraction of sp³-hybridized carbons (Fsp3) is 0.143. The molecule has 17 heavy (non-hydrogen) atoms. The molecule has 1 aliphatic heterocycles. The summed E-state index contributed by atoms with van der Waals surface area (Å²) in [6.07, 6.45) is -4.80. The first-order valence-corrected chi connectivity index (χ1v) is 4.69. The first-order valence-electron chi connectivity index (χ1n) is 4.69. The summed E-state index contributed by atoms with van der Waals surface area (Å²) in [6.45, 7) is 0. The van der Waals surface area contributed by atoms with Gasteiger partial charge in [-0.25, -0.2) is 0 Å². The molecule has 1 saturated heterocycles. The lowest BCUT2D eigenvalue weighted by atomic mass is 9.70. The molecule has 3 nitrogen and oxygen atoms in total. The molecule has 1 aliphatic rings. The smallest absolute Gasteiger partial charge is 0.442 e. The van der Waals surface area contributed by atoms with E-state index in [9.17, 15) is 17.5 Å². The molecular formula is C7H5B3F4O3. The normalized spacial score (nSPS) is 17.5. The lowest BCUT2D eigenvalue weighted by Gasteiger charge is -2.27. The molecule has 0 N–H and O–H groups in total. The van der Waals surface area contributed by atoms with Crippen molar-refractivity contribution in [3.8, 4) is 0 Å². The molecular weight excluding hydrogens is 241 g/mol. The molecule has 0 spiro atoms. The molecule has 0 radical (unpaired) electrons. The number of benzene rings is 1. The minimum Gasteiger partial charge on any atom is -0.442 e. The van der Waals surface area contributed by atoms with Crippen LogP contribution >= 0.6 is 0 Å². The average Bonchev–Trinajstić information content (AvgIpc) is 2.28. The van der Waals surface area contributed by atoms with E-state index in [2.05, 4.69) is 13.7 Å². The Morgan fingerprint density at radius 3 is 2.18 bits per heavy atom. The van der Waals surface area contributed by atoms with Gasteiger partial charge in [0.2, 0.25) is 0 Å². The van der Waals surface area contributed by atoms with Gasteiger partial charge < -0.3 is 13.7 Å². The Bertz CT molecular complexity index is 376. The van der Waals surface area contributed by atoms with Crippen LogP contribution in [0.4, 0.5) is 17.5 Å². The van der Waals surface area contributed by atoms with Crippen molar-refractivity contribution in [2.24, 2.45) is 0 Å². The van der Waals surface area contributed by atoms with Crippen molar-refractivity contribution in [1.82, 2.24) is 0 Å². The molecule has 0 bridgehead atoms. The predicted octanol–water partition coefficient (Wildman–Crippen LogP) is 0.989. The highest BCUT2D eigenvalue weighted by molar-refractivity contribution is 6.78. The molecule has 1 heterocycles. The minimum atomic E-state index is -4.80. The second-order valence-electron chi connectivity index (χ2n) is 3.30. The third-order valence-corrected chi connectivity index (χ3v) is 2.05. The predicted molar refractivity (Wildman–Crippen MR) is 53.8 cm³/mol. The van der Waals surface area contributed by atoms with Crippen LogP contribution in [0.25, 0.3) is 0 Å². The molecule has 1 fully saturated rings. The molecule has 1 aromatic carbocycles. The van der Waals surface area contributed by atoms with Crippen LogP contribution in [-0.4, -0.2) is 27.7 Å². The van der Waals surface area contributed by atoms with Gasteiger partial charge in [-0.2, -0.15) is 13.2 Å². The highest BCUT2D eigenvalue weighted by Gasteiger charge is 2.57. The van der Waals surface area contributed by atoms with E-state index in [0.717, 1.165) is 0 Å². The second kappa shape index (κ2) is 4.71.